The number of rotatable bonds is 6. The first-order chi connectivity index (χ1) is 10.2. The molecule has 1 aromatic heterocycles. The quantitative estimate of drug-likeness (QED) is 0.656. The van der Waals surface area contributed by atoms with E-state index in [0.29, 0.717) is 11.0 Å². The van der Waals surface area contributed by atoms with E-state index in [1.807, 2.05) is 12.1 Å². The molecule has 2 rings (SSSR count). The van der Waals surface area contributed by atoms with Gasteiger partial charge in [0.25, 0.3) is 0 Å². The Morgan fingerprint density at radius 2 is 1.81 bits per heavy atom. The van der Waals surface area contributed by atoms with E-state index in [1.54, 1.807) is 18.3 Å². The average Bonchev–Trinajstić information content (AvgIpc) is 2.52. The normalized spacial score (nSPS) is 10.8. The SMILES string of the molecule is CCN(CC)c1ccc(/C=N/Nc2ccc(Cl)nn2)cc1. The number of hydrogen-bond acceptors (Lipinski definition) is 5. The largest absolute Gasteiger partial charge is 0.372 e. The summed E-state index contributed by atoms with van der Waals surface area (Å²) in [4.78, 5) is 2.29. The van der Waals surface area contributed by atoms with Crippen molar-refractivity contribution in [3.63, 3.8) is 0 Å². The van der Waals surface area contributed by atoms with Crippen LogP contribution in [0.25, 0.3) is 0 Å². The zero-order valence-electron chi connectivity index (χ0n) is 12.1. The van der Waals surface area contributed by atoms with Gasteiger partial charge in [0.1, 0.15) is 0 Å². The first-order valence-electron chi connectivity index (χ1n) is 6.86. The average molecular weight is 304 g/mol. The van der Waals surface area contributed by atoms with Gasteiger partial charge in [0.05, 0.1) is 6.21 Å². The minimum atomic E-state index is 0.358. The van der Waals surface area contributed by atoms with E-state index in [4.69, 9.17) is 11.6 Å². The van der Waals surface area contributed by atoms with Crippen molar-refractivity contribution in [2.45, 2.75) is 13.8 Å². The number of halogens is 1. The summed E-state index contributed by atoms with van der Waals surface area (Å²) in [5, 5.41) is 12.1. The Kier molecular flexibility index (Phi) is 5.51. The molecule has 0 spiro atoms. The van der Waals surface area contributed by atoms with Crippen molar-refractivity contribution in [1.29, 1.82) is 0 Å². The molecule has 0 saturated heterocycles. The Morgan fingerprint density at radius 1 is 1.10 bits per heavy atom. The number of hydrazone groups is 1. The van der Waals surface area contributed by atoms with E-state index in [-0.39, 0.29) is 0 Å². The van der Waals surface area contributed by atoms with Crippen LogP contribution >= 0.6 is 11.6 Å². The molecule has 0 aliphatic carbocycles. The Labute approximate surface area is 129 Å². The van der Waals surface area contributed by atoms with Crippen LogP contribution in [0.3, 0.4) is 0 Å². The fraction of sp³-hybridized carbons (Fsp3) is 0.267. The monoisotopic (exact) mass is 303 g/mol. The first kappa shape index (κ1) is 15.3. The highest BCUT2D eigenvalue weighted by molar-refractivity contribution is 6.29. The molecule has 0 fully saturated rings. The van der Waals surface area contributed by atoms with Gasteiger partial charge in [-0.3, -0.25) is 5.43 Å². The van der Waals surface area contributed by atoms with Crippen LogP contribution in [0.2, 0.25) is 5.15 Å². The zero-order valence-corrected chi connectivity index (χ0v) is 12.9. The van der Waals surface area contributed by atoms with Crippen LogP contribution in [0.4, 0.5) is 11.5 Å². The lowest BCUT2D eigenvalue weighted by molar-refractivity contribution is 0.866. The Bertz CT molecular complexity index is 576. The number of anilines is 2. The molecular formula is C15H18ClN5. The van der Waals surface area contributed by atoms with Crippen LogP contribution in [-0.4, -0.2) is 29.5 Å². The third kappa shape index (κ3) is 4.43. The van der Waals surface area contributed by atoms with Gasteiger partial charge in [0, 0.05) is 18.8 Å². The smallest absolute Gasteiger partial charge is 0.168 e. The number of aromatic nitrogens is 2. The van der Waals surface area contributed by atoms with Crippen LogP contribution in [0, 0.1) is 0 Å². The maximum atomic E-state index is 5.66. The molecule has 0 aliphatic rings. The van der Waals surface area contributed by atoms with Crippen LogP contribution in [-0.2, 0) is 0 Å². The standard InChI is InChI=1S/C15H18ClN5/c1-3-21(4-2)13-7-5-12(6-8-13)11-17-19-15-10-9-14(16)18-20-15/h5-11H,3-4H2,1-2H3,(H,19,20)/b17-11+. The fourth-order valence-electron chi connectivity index (χ4n) is 1.91. The predicted octanol–water partition coefficient (Wildman–Crippen LogP) is 3.42. The molecule has 0 radical (unpaired) electrons. The van der Waals surface area contributed by atoms with Crippen molar-refractivity contribution in [2.24, 2.45) is 5.10 Å². The second-order valence-corrected chi connectivity index (χ2v) is 4.76. The molecule has 0 amide bonds. The van der Waals surface area contributed by atoms with Gasteiger partial charge in [0.15, 0.2) is 11.0 Å². The highest BCUT2D eigenvalue weighted by Crippen LogP contribution is 2.14. The molecular weight excluding hydrogens is 286 g/mol. The Hall–Kier alpha value is -2.14. The van der Waals surface area contributed by atoms with Crippen molar-refractivity contribution in [2.75, 3.05) is 23.4 Å². The minimum absolute atomic E-state index is 0.358. The van der Waals surface area contributed by atoms with Crippen molar-refractivity contribution >= 4 is 29.3 Å². The molecule has 5 nitrogen and oxygen atoms in total. The third-order valence-corrected chi connectivity index (χ3v) is 3.25. The summed E-state index contributed by atoms with van der Waals surface area (Å²) in [6, 6.07) is 11.6. The van der Waals surface area contributed by atoms with Gasteiger partial charge < -0.3 is 4.90 Å². The van der Waals surface area contributed by atoms with Gasteiger partial charge >= 0.3 is 0 Å². The van der Waals surface area contributed by atoms with E-state index >= 15 is 0 Å². The van der Waals surface area contributed by atoms with Gasteiger partial charge in [-0.05, 0) is 43.7 Å². The first-order valence-corrected chi connectivity index (χ1v) is 7.24. The Morgan fingerprint density at radius 3 is 2.38 bits per heavy atom. The topological polar surface area (TPSA) is 53.4 Å². The molecule has 0 unspecified atom stereocenters. The third-order valence-electron chi connectivity index (χ3n) is 3.05. The van der Waals surface area contributed by atoms with E-state index in [2.05, 4.69) is 51.6 Å². The van der Waals surface area contributed by atoms with E-state index in [1.165, 1.54) is 5.69 Å². The summed E-state index contributed by atoms with van der Waals surface area (Å²) in [5.74, 6) is 0.551. The number of nitrogens with one attached hydrogen (secondary N) is 1. The van der Waals surface area contributed by atoms with Crippen LogP contribution in [0.15, 0.2) is 41.5 Å². The second-order valence-electron chi connectivity index (χ2n) is 4.38. The van der Waals surface area contributed by atoms with E-state index in [9.17, 15) is 0 Å². The molecule has 110 valence electrons. The number of nitrogens with zero attached hydrogens (tertiary/aromatic N) is 4. The summed E-state index contributed by atoms with van der Waals surface area (Å²) < 4.78 is 0. The van der Waals surface area contributed by atoms with E-state index in [0.717, 1.165) is 18.7 Å². The van der Waals surface area contributed by atoms with Crippen molar-refractivity contribution in [3.8, 4) is 0 Å². The lowest BCUT2D eigenvalue weighted by Crippen LogP contribution is -2.21. The predicted molar refractivity (Wildman–Crippen MR) is 88.3 cm³/mol. The van der Waals surface area contributed by atoms with Crippen LogP contribution < -0.4 is 10.3 Å². The lowest BCUT2D eigenvalue weighted by atomic mass is 10.2. The molecule has 2 aromatic rings. The highest BCUT2D eigenvalue weighted by Gasteiger charge is 2.00. The molecule has 1 aromatic carbocycles. The Balaban J connectivity index is 1.96. The summed E-state index contributed by atoms with van der Waals surface area (Å²) in [7, 11) is 0. The van der Waals surface area contributed by atoms with Gasteiger partial charge in [-0.2, -0.15) is 5.10 Å². The summed E-state index contributed by atoms with van der Waals surface area (Å²) in [5.41, 5.74) is 5.04. The zero-order chi connectivity index (χ0) is 15.1. The van der Waals surface area contributed by atoms with Crippen LogP contribution in [0.1, 0.15) is 19.4 Å². The maximum Gasteiger partial charge on any atom is 0.168 e. The van der Waals surface area contributed by atoms with Gasteiger partial charge in [-0.15, -0.1) is 10.2 Å². The molecule has 1 heterocycles. The molecule has 0 atom stereocenters. The summed E-state index contributed by atoms with van der Waals surface area (Å²) in [6.45, 7) is 6.30. The fourth-order valence-corrected chi connectivity index (χ4v) is 2.01. The second kappa shape index (κ2) is 7.59. The van der Waals surface area contributed by atoms with Crippen molar-refractivity contribution in [1.82, 2.24) is 10.2 Å². The highest BCUT2D eigenvalue weighted by atomic mass is 35.5. The maximum absolute atomic E-state index is 5.66. The van der Waals surface area contributed by atoms with Crippen molar-refractivity contribution in [3.05, 3.63) is 47.1 Å². The van der Waals surface area contributed by atoms with Crippen molar-refractivity contribution < 1.29 is 0 Å². The lowest BCUT2D eigenvalue weighted by Gasteiger charge is -2.20. The van der Waals surface area contributed by atoms with E-state index < -0.39 is 0 Å². The molecule has 6 heteroatoms. The summed E-state index contributed by atoms with van der Waals surface area (Å²) >= 11 is 5.66. The molecule has 0 saturated carbocycles. The minimum Gasteiger partial charge on any atom is -0.372 e. The van der Waals surface area contributed by atoms with Gasteiger partial charge in [-0.1, -0.05) is 23.7 Å². The molecule has 0 aliphatic heterocycles. The molecule has 21 heavy (non-hydrogen) atoms. The summed E-state index contributed by atoms with van der Waals surface area (Å²) in [6.07, 6.45) is 1.74. The number of benzene rings is 1. The molecule has 1 N–H and O–H groups in total. The van der Waals surface area contributed by atoms with Gasteiger partial charge in [0.2, 0.25) is 0 Å². The van der Waals surface area contributed by atoms with Crippen LogP contribution in [0.5, 0.6) is 0 Å². The number of hydrogen-bond donors (Lipinski definition) is 1. The van der Waals surface area contributed by atoms with Gasteiger partial charge in [-0.25, -0.2) is 0 Å². The molecule has 0 bridgehead atoms.